The first-order valence-electron chi connectivity index (χ1n) is 10.4. The van der Waals surface area contributed by atoms with Crippen molar-refractivity contribution in [3.8, 4) is 5.75 Å². The van der Waals surface area contributed by atoms with Crippen LogP contribution in [0.15, 0.2) is 60.0 Å². The van der Waals surface area contributed by atoms with Crippen molar-refractivity contribution >= 4 is 33.2 Å². The summed E-state index contributed by atoms with van der Waals surface area (Å²) < 4.78 is 84.2. The summed E-state index contributed by atoms with van der Waals surface area (Å²) in [6, 6.07) is 8.62. The molecule has 3 aromatic rings. The minimum atomic E-state index is -4.99. The second-order valence-corrected chi connectivity index (χ2v) is 10.4. The van der Waals surface area contributed by atoms with E-state index in [0.29, 0.717) is 5.56 Å². The number of amides is 1. The zero-order valence-corrected chi connectivity index (χ0v) is 20.1. The standard InChI is InChI=1S/C22H19ClF4N4O4S/c1-30-11-20(28-12-30)36(33,34)31-9-16(13-2-4-14(24)5-3-13)17(10-31)21(32)29-15-6-7-18(23)19(8-15)35-22(25,26)27/h2-8,11-12,16-17H,9-10H2,1H3,(H,29,32)/t16-,17+/m1/s1. The van der Waals surface area contributed by atoms with Crippen molar-refractivity contribution < 1.29 is 35.5 Å². The third-order valence-corrected chi connectivity index (χ3v) is 7.66. The highest BCUT2D eigenvalue weighted by molar-refractivity contribution is 7.89. The van der Waals surface area contributed by atoms with Crippen LogP contribution in [0.25, 0.3) is 0 Å². The summed E-state index contributed by atoms with van der Waals surface area (Å²) in [6.07, 6.45) is -2.34. The number of sulfonamides is 1. The summed E-state index contributed by atoms with van der Waals surface area (Å²) in [7, 11) is -2.45. The number of hydrogen-bond acceptors (Lipinski definition) is 5. The topological polar surface area (TPSA) is 93.5 Å². The Morgan fingerprint density at radius 1 is 1.17 bits per heavy atom. The molecule has 1 aliphatic rings. The van der Waals surface area contributed by atoms with Crippen molar-refractivity contribution in [2.45, 2.75) is 17.3 Å². The van der Waals surface area contributed by atoms with Gasteiger partial charge in [-0.2, -0.15) is 4.31 Å². The Morgan fingerprint density at radius 3 is 2.47 bits per heavy atom. The molecule has 1 amide bonds. The average Bonchev–Trinajstić information content (AvgIpc) is 3.43. The summed E-state index contributed by atoms with van der Waals surface area (Å²) in [5.41, 5.74) is 0.486. The molecule has 1 aliphatic heterocycles. The fourth-order valence-electron chi connectivity index (χ4n) is 3.95. The van der Waals surface area contributed by atoms with Crippen molar-refractivity contribution in [1.82, 2.24) is 13.9 Å². The van der Waals surface area contributed by atoms with Crippen molar-refractivity contribution in [3.63, 3.8) is 0 Å². The Balaban J connectivity index is 1.62. The van der Waals surface area contributed by atoms with Gasteiger partial charge in [-0.1, -0.05) is 23.7 Å². The number of benzene rings is 2. The number of carbonyl (C=O) groups excluding carboxylic acids is 1. The van der Waals surface area contributed by atoms with Crippen molar-refractivity contribution in [2.24, 2.45) is 13.0 Å². The monoisotopic (exact) mass is 546 g/mol. The SMILES string of the molecule is Cn1cnc(S(=O)(=O)N2C[C@H](C(=O)Nc3ccc(Cl)c(OC(F)(F)F)c3)[C@@H](c3ccc(F)cc3)C2)c1. The van der Waals surface area contributed by atoms with Gasteiger partial charge in [0.05, 0.1) is 17.3 Å². The maximum Gasteiger partial charge on any atom is 0.573 e. The van der Waals surface area contributed by atoms with Crippen LogP contribution in [-0.4, -0.2) is 47.6 Å². The first kappa shape index (κ1) is 25.9. The summed E-state index contributed by atoms with van der Waals surface area (Å²) in [4.78, 5) is 17.1. The molecule has 0 bridgehead atoms. The Morgan fingerprint density at radius 2 is 1.86 bits per heavy atom. The molecule has 0 unspecified atom stereocenters. The van der Waals surface area contributed by atoms with E-state index in [1.54, 1.807) is 7.05 Å². The number of ether oxygens (including phenoxy) is 1. The zero-order valence-electron chi connectivity index (χ0n) is 18.5. The Labute approximate surface area is 208 Å². The molecule has 1 aromatic heterocycles. The van der Waals surface area contributed by atoms with E-state index in [4.69, 9.17) is 11.6 Å². The predicted molar refractivity (Wildman–Crippen MR) is 121 cm³/mol. The first-order valence-corrected chi connectivity index (χ1v) is 12.2. The number of aryl methyl sites for hydroxylation is 1. The molecule has 0 aliphatic carbocycles. The summed E-state index contributed by atoms with van der Waals surface area (Å²) in [6.45, 7) is -0.321. The lowest BCUT2D eigenvalue weighted by atomic mass is 9.88. The molecule has 2 aromatic carbocycles. The average molecular weight is 547 g/mol. The van der Waals surface area contributed by atoms with Crippen molar-refractivity contribution in [3.05, 3.63) is 71.4 Å². The normalized spacial score (nSPS) is 18.8. The minimum Gasteiger partial charge on any atom is -0.404 e. The number of hydrogen-bond donors (Lipinski definition) is 1. The van der Waals surface area contributed by atoms with Gasteiger partial charge >= 0.3 is 6.36 Å². The van der Waals surface area contributed by atoms with Crippen LogP contribution in [0, 0.1) is 11.7 Å². The van der Waals surface area contributed by atoms with E-state index in [2.05, 4.69) is 15.0 Å². The van der Waals surface area contributed by atoms with Crippen LogP contribution in [0.2, 0.25) is 5.02 Å². The molecular weight excluding hydrogens is 528 g/mol. The molecule has 36 heavy (non-hydrogen) atoms. The van der Waals surface area contributed by atoms with E-state index in [1.807, 2.05) is 0 Å². The number of carbonyl (C=O) groups is 1. The molecule has 0 saturated carbocycles. The number of rotatable bonds is 6. The molecule has 1 fully saturated rings. The van der Waals surface area contributed by atoms with E-state index < -0.39 is 45.7 Å². The van der Waals surface area contributed by atoms with Crippen LogP contribution in [0.1, 0.15) is 11.5 Å². The van der Waals surface area contributed by atoms with Gasteiger partial charge < -0.3 is 14.6 Å². The smallest absolute Gasteiger partial charge is 0.404 e. The zero-order chi connectivity index (χ0) is 26.3. The molecule has 4 rings (SSSR count). The van der Waals surface area contributed by atoms with Crippen LogP contribution in [0.3, 0.4) is 0 Å². The molecule has 2 atom stereocenters. The number of halogens is 5. The highest BCUT2D eigenvalue weighted by atomic mass is 35.5. The predicted octanol–water partition coefficient (Wildman–Crippen LogP) is 4.15. The minimum absolute atomic E-state index is 0.0347. The second kappa shape index (κ2) is 9.71. The molecule has 14 heteroatoms. The third-order valence-electron chi connectivity index (χ3n) is 5.63. The van der Waals surface area contributed by atoms with Gasteiger partial charge in [0, 0.05) is 44.0 Å². The number of imidazole rings is 1. The van der Waals surface area contributed by atoms with E-state index in [1.165, 1.54) is 47.4 Å². The molecule has 192 valence electrons. The molecule has 1 saturated heterocycles. The highest BCUT2D eigenvalue weighted by Gasteiger charge is 2.44. The molecule has 0 radical (unpaired) electrons. The summed E-state index contributed by atoms with van der Waals surface area (Å²) in [5.74, 6) is -3.47. The Kier molecular flexibility index (Phi) is 6.99. The fourth-order valence-corrected chi connectivity index (χ4v) is 5.56. The van der Waals surface area contributed by atoms with E-state index in [-0.39, 0.29) is 28.8 Å². The van der Waals surface area contributed by atoms with Gasteiger partial charge in [-0.25, -0.2) is 17.8 Å². The lowest BCUT2D eigenvalue weighted by molar-refractivity contribution is -0.274. The van der Waals surface area contributed by atoms with Gasteiger partial charge in [-0.3, -0.25) is 4.79 Å². The number of alkyl halides is 3. The lowest BCUT2D eigenvalue weighted by Crippen LogP contribution is -2.32. The second-order valence-electron chi connectivity index (χ2n) is 8.15. The van der Waals surface area contributed by atoms with Gasteiger partial charge in [0.15, 0.2) is 5.03 Å². The highest BCUT2D eigenvalue weighted by Crippen LogP contribution is 2.37. The molecule has 2 heterocycles. The Hall–Kier alpha value is -3.16. The molecule has 1 N–H and O–H groups in total. The fraction of sp³-hybridized carbons (Fsp3) is 0.273. The van der Waals surface area contributed by atoms with Gasteiger partial charge in [0.2, 0.25) is 5.91 Å². The first-order chi connectivity index (χ1) is 16.8. The number of nitrogens with zero attached hydrogens (tertiary/aromatic N) is 3. The molecule has 8 nitrogen and oxygen atoms in total. The maximum absolute atomic E-state index is 13.5. The van der Waals surface area contributed by atoms with Gasteiger partial charge in [0.25, 0.3) is 10.0 Å². The molecular formula is C22H19ClF4N4O4S. The van der Waals surface area contributed by atoms with Crippen LogP contribution in [0.4, 0.5) is 23.2 Å². The van der Waals surface area contributed by atoms with Crippen LogP contribution >= 0.6 is 11.6 Å². The van der Waals surface area contributed by atoms with Gasteiger partial charge in [0.1, 0.15) is 11.6 Å². The third kappa shape index (κ3) is 5.63. The number of nitrogens with one attached hydrogen (secondary N) is 1. The quantitative estimate of drug-likeness (QED) is 0.469. The summed E-state index contributed by atoms with van der Waals surface area (Å²) in [5, 5.41) is 1.99. The largest absolute Gasteiger partial charge is 0.573 e. The van der Waals surface area contributed by atoms with E-state index in [9.17, 15) is 30.8 Å². The maximum atomic E-state index is 13.5. The number of anilines is 1. The van der Waals surface area contributed by atoms with Crippen LogP contribution in [0.5, 0.6) is 5.75 Å². The van der Waals surface area contributed by atoms with Crippen LogP contribution < -0.4 is 10.1 Å². The van der Waals surface area contributed by atoms with Gasteiger partial charge in [-0.05, 0) is 29.8 Å². The number of aromatic nitrogens is 2. The molecule has 0 spiro atoms. The van der Waals surface area contributed by atoms with Crippen molar-refractivity contribution in [1.29, 1.82) is 0 Å². The lowest BCUT2D eigenvalue weighted by Gasteiger charge is -2.19. The van der Waals surface area contributed by atoms with E-state index >= 15 is 0 Å². The van der Waals surface area contributed by atoms with Crippen molar-refractivity contribution in [2.75, 3.05) is 18.4 Å². The van der Waals surface area contributed by atoms with Crippen LogP contribution in [-0.2, 0) is 21.9 Å². The van der Waals surface area contributed by atoms with Gasteiger partial charge in [-0.15, -0.1) is 13.2 Å². The summed E-state index contributed by atoms with van der Waals surface area (Å²) >= 11 is 5.76. The Bertz CT molecular complexity index is 1380. The van der Waals surface area contributed by atoms with E-state index in [0.717, 1.165) is 16.4 Å².